The standard InChI is InChI=1S/C18H12N2/c1-2-4-17-15(3-1)10-20-12-18(17)14-6-5-13-7-8-19-11-16(13)9-14/h1-12H. The van der Waals surface area contributed by atoms with E-state index in [1.165, 1.54) is 16.3 Å². The van der Waals surface area contributed by atoms with E-state index in [2.05, 4.69) is 46.4 Å². The van der Waals surface area contributed by atoms with Crippen LogP contribution in [0.5, 0.6) is 0 Å². The van der Waals surface area contributed by atoms with Crippen LogP contribution >= 0.6 is 0 Å². The third-order valence-corrected chi connectivity index (χ3v) is 3.62. The van der Waals surface area contributed by atoms with Crippen LogP contribution in [0.3, 0.4) is 0 Å². The van der Waals surface area contributed by atoms with E-state index in [4.69, 9.17) is 0 Å². The summed E-state index contributed by atoms with van der Waals surface area (Å²) in [5, 5.41) is 4.75. The fourth-order valence-corrected chi connectivity index (χ4v) is 2.60. The smallest absolute Gasteiger partial charge is 0.0352 e. The first-order valence-electron chi connectivity index (χ1n) is 6.59. The molecule has 2 heterocycles. The van der Waals surface area contributed by atoms with Crippen LogP contribution in [0, 0.1) is 0 Å². The lowest BCUT2D eigenvalue weighted by Crippen LogP contribution is -1.84. The van der Waals surface area contributed by atoms with Gasteiger partial charge in [-0.05, 0) is 28.5 Å². The van der Waals surface area contributed by atoms with Crippen LogP contribution in [0.2, 0.25) is 0 Å². The lowest BCUT2D eigenvalue weighted by Gasteiger charge is -2.07. The summed E-state index contributed by atoms with van der Waals surface area (Å²) in [5.74, 6) is 0. The summed E-state index contributed by atoms with van der Waals surface area (Å²) >= 11 is 0. The predicted octanol–water partition coefficient (Wildman–Crippen LogP) is 4.45. The van der Waals surface area contributed by atoms with Gasteiger partial charge in [-0.3, -0.25) is 9.97 Å². The zero-order chi connectivity index (χ0) is 13.4. The van der Waals surface area contributed by atoms with Gasteiger partial charge in [-0.1, -0.05) is 36.4 Å². The molecule has 0 radical (unpaired) electrons. The molecule has 0 aliphatic heterocycles. The Morgan fingerprint density at radius 2 is 1.55 bits per heavy atom. The SMILES string of the molecule is c1ccc2c(-c3ccc4ccncc4c3)cncc2c1. The third kappa shape index (κ3) is 1.74. The number of fused-ring (bicyclic) bond motifs is 2. The molecule has 0 saturated heterocycles. The lowest BCUT2D eigenvalue weighted by atomic mass is 9.99. The van der Waals surface area contributed by atoms with Crippen molar-refractivity contribution < 1.29 is 0 Å². The van der Waals surface area contributed by atoms with Gasteiger partial charge in [-0.15, -0.1) is 0 Å². The molecule has 2 aromatic heterocycles. The van der Waals surface area contributed by atoms with E-state index in [1.54, 1.807) is 0 Å². The Bertz CT molecular complexity index is 908. The van der Waals surface area contributed by atoms with Crippen LogP contribution in [-0.2, 0) is 0 Å². The first-order valence-corrected chi connectivity index (χ1v) is 6.59. The van der Waals surface area contributed by atoms with Crippen molar-refractivity contribution in [2.45, 2.75) is 0 Å². The third-order valence-electron chi connectivity index (χ3n) is 3.62. The van der Waals surface area contributed by atoms with Gasteiger partial charge in [0.25, 0.3) is 0 Å². The van der Waals surface area contributed by atoms with Crippen LogP contribution in [-0.4, -0.2) is 9.97 Å². The van der Waals surface area contributed by atoms with Crippen LogP contribution in [0.1, 0.15) is 0 Å². The highest BCUT2D eigenvalue weighted by molar-refractivity contribution is 5.98. The molecule has 2 nitrogen and oxygen atoms in total. The molecule has 0 unspecified atom stereocenters. The van der Waals surface area contributed by atoms with Crippen LogP contribution in [0.15, 0.2) is 73.3 Å². The van der Waals surface area contributed by atoms with Crippen molar-refractivity contribution in [3.8, 4) is 11.1 Å². The molecule has 0 spiro atoms. The molecule has 4 rings (SSSR count). The maximum Gasteiger partial charge on any atom is 0.0352 e. The van der Waals surface area contributed by atoms with Crippen molar-refractivity contribution in [1.29, 1.82) is 0 Å². The zero-order valence-corrected chi connectivity index (χ0v) is 10.8. The second kappa shape index (κ2) is 4.42. The summed E-state index contributed by atoms with van der Waals surface area (Å²) in [7, 11) is 0. The fourth-order valence-electron chi connectivity index (χ4n) is 2.60. The molecule has 0 saturated carbocycles. The Balaban J connectivity index is 2.01. The lowest BCUT2D eigenvalue weighted by molar-refractivity contribution is 1.36. The number of hydrogen-bond donors (Lipinski definition) is 0. The molecule has 2 aromatic carbocycles. The molecule has 0 aliphatic rings. The number of pyridine rings is 2. The van der Waals surface area contributed by atoms with Crippen molar-refractivity contribution in [3.05, 3.63) is 73.3 Å². The van der Waals surface area contributed by atoms with Crippen molar-refractivity contribution in [3.63, 3.8) is 0 Å². The molecular formula is C18H12N2. The van der Waals surface area contributed by atoms with Gasteiger partial charge in [0.1, 0.15) is 0 Å². The van der Waals surface area contributed by atoms with Gasteiger partial charge in [0, 0.05) is 41.1 Å². The zero-order valence-electron chi connectivity index (χ0n) is 10.8. The van der Waals surface area contributed by atoms with E-state index >= 15 is 0 Å². The Morgan fingerprint density at radius 1 is 0.650 bits per heavy atom. The van der Waals surface area contributed by atoms with Crippen LogP contribution in [0.4, 0.5) is 0 Å². The van der Waals surface area contributed by atoms with Gasteiger partial charge in [0.05, 0.1) is 0 Å². The molecule has 0 fully saturated rings. The molecular weight excluding hydrogens is 244 g/mol. The Morgan fingerprint density at radius 3 is 2.55 bits per heavy atom. The summed E-state index contributed by atoms with van der Waals surface area (Å²) in [6.07, 6.45) is 7.56. The van der Waals surface area contributed by atoms with E-state index in [9.17, 15) is 0 Å². The minimum Gasteiger partial charge on any atom is -0.264 e. The van der Waals surface area contributed by atoms with Crippen molar-refractivity contribution in [1.82, 2.24) is 9.97 Å². The monoisotopic (exact) mass is 256 g/mol. The molecule has 4 aromatic rings. The Kier molecular flexibility index (Phi) is 2.46. The molecule has 0 amide bonds. The minimum atomic E-state index is 1.15. The second-order valence-corrected chi connectivity index (χ2v) is 4.85. The molecule has 0 aliphatic carbocycles. The highest BCUT2D eigenvalue weighted by Gasteiger charge is 2.04. The molecule has 0 atom stereocenters. The van der Waals surface area contributed by atoms with E-state index in [0.717, 1.165) is 16.3 Å². The molecule has 20 heavy (non-hydrogen) atoms. The normalized spacial score (nSPS) is 11.0. The summed E-state index contributed by atoms with van der Waals surface area (Å²) < 4.78 is 0. The average molecular weight is 256 g/mol. The number of rotatable bonds is 1. The van der Waals surface area contributed by atoms with E-state index in [-0.39, 0.29) is 0 Å². The Hall–Kier alpha value is -2.74. The summed E-state index contributed by atoms with van der Waals surface area (Å²) in [6.45, 7) is 0. The molecule has 0 bridgehead atoms. The predicted molar refractivity (Wildman–Crippen MR) is 82.5 cm³/mol. The fraction of sp³-hybridized carbons (Fsp3) is 0. The van der Waals surface area contributed by atoms with Gasteiger partial charge < -0.3 is 0 Å². The summed E-state index contributed by atoms with van der Waals surface area (Å²) in [4.78, 5) is 8.55. The van der Waals surface area contributed by atoms with Crippen molar-refractivity contribution >= 4 is 21.5 Å². The van der Waals surface area contributed by atoms with Gasteiger partial charge in [-0.2, -0.15) is 0 Å². The van der Waals surface area contributed by atoms with Crippen molar-refractivity contribution in [2.75, 3.05) is 0 Å². The number of nitrogens with zero attached hydrogens (tertiary/aromatic N) is 2. The molecule has 0 N–H and O–H groups in total. The molecule has 94 valence electrons. The van der Waals surface area contributed by atoms with Gasteiger partial charge in [-0.25, -0.2) is 0 Å². The van der Waals surface area contributed by atoms with E-state index < -0.39 is 0 Å². The average Bonchev–Trinajstić information content (AvgIpc) is 2.54. The summed E-state index contributed by atoms with van der Waals surface area (Å²) in [6, 6.07) is 16.8. The van der Waals surface area contributed by atoms with Crippen LogP contribution < -0.4 is 0 Å². The highest BCUT2D eigenvalue weighted by Crippen LogP contribution is 2.29. The Labute approximate surface area is 116 Å². The van der Waals surface area contributed by atoms with E-state index in [1.807, 2.05) is 36.9 Å². The molecule has 2 heteroatoms. The summed E-state index contributed by atoms with van der Waals surface area (Å²) in [5.41, 5.74) is 2.34. The maximum absolute atomic E-state index is 4.35. The quantitative estimate of drug-likeness (QED) is 0.503. The van der Waals surface area contributed by atoms with Gasteiger partial charge in [0.2, 0.25) is 0 Å². The first kappa shape index (κ1) is 11.1. The van der Waals surface area contributed by atoms with Crippen LogP contribution in [0.25, 0.3) is 32.7 Å². The second-order valence-electron chi connectivity index (χ2n) is 4.85. The van der Waals surface area contributed by atoms with Crippen molar-refractivity contribution in [2.24, 2.45) is 0 Å². The number of hydrogen-bond acceptors (Lipinski definition) is 2. The first-order chi connectivity index (χ1) is 9.92. The topological polar surface area (TPSA) is 25.8 Å². The minimum absolute atomic E-state index is 1.15. The van der Waals surface area contributed by atoms with Gasteiger partial charge in [0.15, 0.2) is 0 Å². The van der Waals surface area contributed by atoms with Gasteiger partial charge >= 0.3 is 0 Å². The number of benzene rings is 2. The maximum atomic E-state index is 4.35. The largest absolute Gasteiger partial charge is 0.264 e. The highest BCUT2D eigenvalue weighted by atomic mass is 14.6. The number of aromatic nitrogens is 2. The van der Waals surface area contributed by atoms with E-state index in [0.29, 0.717) is 0 Å².